The van der Waals surface area contributed by atoms with Crippen LogP contribution in [0.15, 0.2) is 91.0 Å². The van der Waals surface area contributed by atoms with Crippen molar-refractivity contribution in [3.8, 4) is 0 Å². The molecule has 0 aromatic heterocycles. The Kier molecular flexibility index (Phi) is 6.67. The fourth-order valence-corrected chi connectivity index (χ4v) is 2.73. The van der Waals surface area contributed by atoms with E-state index in [9.17, 15) is 18.9 Å². The number of carbonyl (C=O) groups is 3. The third-order valence-corrected chi connectivity index (χ3v) is 4.30. The zero-order valence-corrected chi connectivity index (χ0v) is 16.4. The smallest absolute Gasteiger partial charge is 0.375 e. The van der Waals surface area contributed by atoms with Gasteiger partial charge in [-0.25, -0.2) is 14.4 Å². The molecule has 0 unspecified atom stereocenters. The van der Waals surface area contributed by atoms with Crippen LogP contribution >= 0.6 is 8.46 Å². The molecule has 7 nitrogen and oxygen atoms in total. The Labute approximate surface area is 173 Å². The minimum atomic E-state index is -2.81. The standard InChI is InChI=1S/C22H15O7P/c23-19(16-10-4-1-5-11-16)27-22(30-26,28-20(24)17-12-6-2-7-13-17)29-21(25)18-14-8-3-9-15-18/h1-15H. The van der Waals surface area contributed by atoms with Crippen LogP contribution in [0.25, 0.3) is 0 Å². The predicted molar refractivity (Wildman–Crippen MR) is 106 cm³/mol. The Hall–Kier alpha value is -3.83. The summed E-state index contributed by atoms with van der Waals surface area (Å²) in [6, 6.07) is 23.2. The van der Waals surface area contributed by atoms with Crippen molar-refractivity contribution >= 4 is 26.4 Å². The summed E-state index contributed by atoms with van der Waals surface area (Å²) >= 11 is 0. The molecule has 3 rings (SSSR count). The van der Waals surface area contributed by atoms with Gasteiger partial charge in [0.2, 0.25) is 0 Å². The molecule has 0 N–H and O–H groups in total. The van der Waals surface area contributed by atoms with E-state index in [1.54, 1.807) is 54.6 Å². The fraction of sp³-hybridized carbons (Fsp3) is 0.0455. The van der Waals surface area contributed by atoms with E-state index < -0.39 is 32.1 Å². The summed E-state index contributed by atoms with van der Waals surface area (Å²) in [6.45, 7) is 0. The van der Waals surface area contributed by atoms with E-state index in [2.05, 4.69) is 0 Å². The predicted octanol–water partition coefficient (Wildman–Crippen LogP) is 4.46. The molecule has 0 aliphatic carbocycles. The van der Waals surface area contributed by atoms with E-state index in [0.29, 0.717) is 0 Å². The Morgan fingerprint density at radius 3 is 1.03 bits per heavy atom. The molecule has 30 heavy (non-hydrogen) atoms. The van der Waals surface area contributed by atoms with E-state index in [1.165, 1.54) is 36.4 Å². The highest BCUT2D eigenvalue weighted by atomic mass is 31.1. The number of benzene rings is 3. The van der Waals surface area contributed by atoms with Gasteiger partial charge >= 0.3 is 32.1 Å². The summed E-state index contributed by atoms with van der Waals surface area (Å²) in [5.74, 6) is -3.00. The van der Waals surface area contributed by atoms with E-state index in [0.717, 1.165) is 0 Å². The van der Waals surface area contributed by atoms with Gasteiger partial charge in [-0.3, -0.25) is 4.57 Å². The Morgan fingerprint density at radius 1 is 0.533 bits per heavy atom. The number of hydrogen-bond acceptors (Lipinski definition) is 7. The van der Waals surface area contributed by atoms with Gasteiger partial charge in [-0.1, -0.05) is 54.6 Å². The first-order chi connectivity index (χ1) is 14.5. The van der Waals surface area contributed by atoms with E-state index >= 15 is 0 Å². The highest BCUT2D eigenvalue weighted by molar-refractivity contribution is 7.25. The number of hydrogen-bond donors (Lipinski definition) is 0. The van der Waals surface area contributed by atoms with Gasteiger partial charge in [0.25, 0.3) is 0 Å². The monoisotopic (exact) mass is 422 g/mol. The SMILES string of the molecule is O=PC(OC(=O)c1ccccc1)(OC(=O)c1ccccc1)OC(=O)c1ccccc1. The summed E-state index contributed by atoms with van der Waals surface area (Å²) in [5, 5.41) is 0. The largest absolute Gasteiger partial charge is 0.510 e. The Morgan fingerprint density at radius 2 is 0.800 bits per heavy atom. The average molecular weight is 422 g/mol. The van der Waals surface area contributed by atoms with Crippen molar-refractivity contribution in [1.82, 2.24) is 0 Å². The second-order valence-electron chi connectivity index (χ2n) is 5.88. The van der Waals surface area contributed by atoms with Crippen LogP contribution < -0.4 is 0 Å². The number of ether oxygens (including phenoxy) is 3. The lowest BCUT2D eigenvalue weighted by molar-refractivity contribution is -0.236. The maximum Gasteiger partial charge on any atom is 0.510 e. The third kappa shape index (κ3) is 5.16. The van der Waals surface area contributed by atoms with Crippen molar-refractivity contribution in [3.05, 3.63) is 108 Å². The molecule has 0 spiro atoms. The number of rotatable bonds is 7. The van der Waals surface area contributed by atoms with Crippen molar-refractivity contribution < 1.29 is 33.2 Å². The lowest BCUT2D eigenvalue weighted by atomic mass is 10.2. The first-order valence-electron chi connectivity index (χ1n) is 8.73. The van der Waals surface area contributed by atoms with Gasteiger partial charge in [-0.2, -0.15) is 0 Å². The van der Waals surface area contributed by atoms with Crippen molar-refractivity contribution in [3.63, 3.8) is 0 Å². The minimum Gasteiger partial charge on any atom is -0.375 e. The molecule has 3 aromatic carbocycles. The lowest BCUT2D eigenvalue weighted by Gasteiger charge is -2.25. The molecule has 0 bridgehead atoms. The van der Waals surface area contributed by atoms with Crippen LogP contribution in [0.1, 0.15) is 31.1 Å². The maximum absolute atomic E-state index is 12.5. The van der Waals surface area contributed by atoms with Crippen LogP contribution in [0.5, 0.6) is 0 Å². The van der Waals surface area contributed by atoms with Gasteiger partial charge in [-0.05, 0) is 36.4 Å². The van der Waals surface area contributed by atoms with Crippen LogP contribution in [0, 0.1) is 0 Å². The molecule has 0 saturated carbocycles. The number of carbonyl (C=O) groups excluding carboxylic acids is 3. The second-order valence-corrected chi connectivity index (χ2v) is 6.61. The van der Waals surface area contributed by atoms with Gasteiger partial charge < -0.3 is 14.2 Å². The second kappa shape index (κ2) is 9.58. The molecule has 0 radical (unpaired) electrons. The highest BCUT2D eigenvalue weighted by Crippen LogP contribution is 2.32. The summed E-state index contributed by atoms with van der Waals surface area (Å²) in [5.41, 5.74) is -2.57. The van der Waals surface area contributed by atoms with Crippen LogP contribution in [0.3, 0.4) is 0 Å². The minimum absolute atomic E-state index is 0.0806. The zero-order valence-electron chi connectivity index (χ0n) is 15.5. The molecular weight excluding hydrogens is 407 g/mol. The molecule has 0 fully saturated rings. The van der Waals surface area contributed by atoms with Crippen LogP contribution in [0.4, 0.5) is 0 Å². The Balaban J connectivity index is 1.91. The molecule has 0 amide bonds. The lowest BCUT2D eigenvalue weighted by Crippen LogP contribution is -2.39. The molecule has 0 aliphatic heterocycles. The first-order valence-corrected chi connectivity index (χ1v) is 9.54. The summed E-state index contributed by atoms with van der Waals surface area (Å²) in [4.78, 5) is 37.5. The normalized spacial score (nSPS) is 10.8. The number of esters is 3. The molecule has 8 heteroatoms. The van der Waals surface area contributed by atoms with Crippen molar-refractivity contribution in [1.29, 1.82) is 0 Å². The Bertz CT molecular complexity index is 907. The van der Waals surface area contributed by atoms with Crippen LogP contribution in [-0.4, -0.2) is 23.6 Å². The quantitative estimate of drug-likeness (QED) is 0.315. The molecular formula is C22H15O7P. The summed E-state index contributed by atoms with van der Waals surface area (Å²) in [6.07, 6.45) is 0. The van der Waals surface area contributed by atoms with Crippen molar-refractivity contribution in [2.75, 3.05) is 0 Å². The van der Waals surface area contributed by atoms with Gasteiger partial charge in [0.1, 0.15) is 0 Å². The molecule has 0 saturated heterocycles. The molecule has 0 aliphatic rings. The third-order valence-electron chi connectivity index (χ3n) is 3.81. The van der Waals surface area contributed by atoms with Crippen molar-refractivity contribution in [2.45, 2.75) is 5.71 Å². The average Bonchev–Trinajstić information content (AvgIpc) is 2.80. The van der Waals surface area contributed by atoms with E-state index in [-0.39, 0.29) is 16.7 Å². The molecule has 0 heterocycles. The maximum atomic E-state index is 12.5. The zero-order chi connectivity index (χ0) is 21.4. The van der Waals surface area contributed by atoms with Crippen molar-refractivity contribution in [2.24, 2.45) is 0 Å². The first kappa shape index (κ1) is 20.9. The summed E-state index contributed by atoms with van der Waals surface area (Å²) in [7, 11) is -1.07. The van der Waals surface area contributed by atoms with E-state index in [1.807, 2.05) is 0 Å². The fourth-order valence-electron chi connectivity index (χ4n) is 2.37. The topological polar surface area (TPSA) is 96.0 Å². The summed E-state index contributed by atoms with van der Waals surface area (Å²) < 4.78 is 27.3. The molecule has 3 aromatic rings. The molecule has 0 atom stereocenters. The van der Waals surface area contributed by atoms with Crippen LogP contribution in [0.2, 0.25) is 0 Å². The molecule has 150 valence electrons. The van der Waals surface area contributed by atoms with Gasteiger partial charge in [0, 0.05) is 0 Å². The van der Waals surface area contributed by atoms with Crippen LogP contribution in [-0.2, 0) is 18.8 Å². The van der Waals surface area contributed by atoms with Gasteiger partial charge in [0.05, 0.1) is 16.7 Å². The van der Waals surface area contributed by atoms with Gasteiger partial charge in [-0.15, -0.1) is 0 Å². The van der Waals surface area contributed by atoms with E-state index in [4.69, 9.17) is 14.2 Å². The van der Waals surface area contributed by atoms with Gasteiger partial charge in [0.15, 0.2) is 0 Å². The highest BCUT2D eigenvalue weighted by Gasteiger charge is 2.46.